The van der Waals surface area contributed by atoms with Gasteiger partial charge in [0.25, 0.3) is 0 Å². The van der Waals surface area contributed by atoms with E-state index in [-0.39, 0.29) is 10.6 Å². The topological polar surface area (TPSA) is 0 Å². The highest BCUT2D eigenvalue weighted by Gasteiger charge is 2.17. The molecule has 2 aromatic rings. The van der Waals surface area contributed by atoms with Gasteiger partial charge in [0, 0.05) is 14.5 Å². The van der Waals surface area contributed by atoms with Crippen LogP contribution in [-0.2, 0) is 0 Å². The number of halogens is 5. The maximum atomic E-state index is 14.0. The fourth-order valence-electron chi connectivity index (χ4n) is 1.74. The molecule has 1 atom stereocenters. The zero-order chi connectivity index (χ0) is 14.2. The Kier molecular flexibility index (Phi) is 5.09. The number of alkyl halides is 1. The molecule has 0 fully saturated rings. The van der Waals surface area contributed by atoms with E-state index in [0.717, 1.165) is 15.6 Å². The smallest absolute Gasteiger partial charge is 0.129 e. The lowest BCUT2D eigenvalue weighted by Crippen LogP contribution is -1.98. The van der Waals surface area contributed by atoms with E-state index in [4.69, 9.17) is 11.6 Å². The summed E-state index contributed by atoms with van der Waals surface area (Å²) in [6.45, 7) is 2.00. The molecule has 0 aromatic heterocycles. The Hall–Kier alpha value is 0.1000. The summed E-state index contributed by atoms with van der Waals surface area (Å²) in [6, 6.07) is 8.94. The first-order valence-corrected chi connectivity index (χ1v) is 8.32. The predicted molar refractivity (Wildman–Crippen MR) is 88.8 cm³/mol. The number of hydrogen-bond donors (Lipinski definition) is 0. The van der Waals surface area contributed by atoms with Gasteiger partial charge in [0.15, 0.2) is 0 Å². The minimum atomic E-state index is -0.293. The molecule has 0 nitrogen and oxygen atoms in total. The van der Waals surface area contributed by atoms with Crippen LogP contribution >= 0.6 is 59.4 Å². The molecular formula is C14H9Br3ClF. The van der Waals surface area contributed by atoms with E-state index in [0.29, 0.717) is 15.1 Å². The van der Waals surface area contributed by atoms with E-state index < -0.39 is 0 Å². The van der Waals surface area contributed by atoms with Crippen LogP contribution in [0.25, 0.3) is 0 Å². The lowest BCUT2D eigenvalue weighted by atomic mass is 10.0. The molecule has 0 radical (unpaired) electrons. The molecule has 2 rings (SSSR count). The van der Waals surface area contributed by atoms with Crippen molar-refractivity contribution in [3.8, 4) is 0 Å². The normalized spacial score (nSPS) is 12.5. The van der Waals surface area contributed by atoms with Gasteiger partial charge in [0.2, 0.25) is 0 Å². The highest BCUT2D eigenvalue weighted by molar-refractivity contribution is 9.11. The summed E-state index contributed by atoms with van der Waals surface area (Å²) in [5.74, 6) is -0.293. The molecule has 0 spiro atoms. The van der Waals surface area contributed by atoms with Crippen molar-refractivity contribution in [2.75, 3.05) is 0 Å². The summed E-state index contributed by atoms with van der Waals surface area (Å²) in [6.07, 6.45) is 0. The Balaban J connectivity index is 2.46. The summed E-state index contributed by atoms with van der Waals surface area (Å²) in [7, 11) is 0. The van der Waals surface area contributed by atoms with Crippen molar-refractivity contribution < 1.29 is 4.39 Å². The largest absolute Gasteiger partial charge is 0.207 e. The van der Waals surface area contributed by atoms with Crippen LogP contribution in [0.15, 0.2) is 39.3 Å². The third kappa shape index (κ3) is 3.41. The van der Waals surface area contributed by atoms with Crippen molar-refractivity contribution in [1.82, 2.24) is 0 Å². The molecule has 2 aromatic carbocycles. The van der Waals surface area contributed by atoms with Gasteiger partial charge in [0.1, 0.15) is 5.82 Å². The highest BCUT2D eigenvalue weighted by atomic mass is 79.9. The molecule has 0 saturated heterocycles. The average molecular weight is 471 g/mol. The van der Waals surface area contributed by atoms with Gasteiger partial charge in [-0.15, -0.1) is 0 Å². The number of rotatable bonds is 2. The molecular weight excluding hydrogens is 462 g/mol. The van der Waals surface area contributed by atoms with E-state index in [9.17, 15) is 4.39 Å². The standard InChI is InChI=1S/C14H9Br3ClF/c1-7-4-8(2-3-10(7)15)14(17)9-5-12(18)11(16)6-13(9)19/h2-6,14H,1H3. The predicted octanol–water partition coefficient (Wildman–Crippen LogP) is 6.80. The fraction of sp³-hybridized carbons (Fsp3) is 0.143. The van der Waals surface area contributed by atoms with Gasteiger partial charge in [-0.1, -0.05) is 55.6 Å². The zero-order valence-electron chi connectivity index (χ0n) is 9.85. The molecule has 0 saturated carbocycles. The van der Waals surface area contributed by atoms with Crippen LogP contribution in [0.1, 0.15) is 21.5 Å². The van der Waals surface area contributed by atoms with Crippen molar-refractivity contribution in [3.63, 3.8) is 0 Å². The Morgan fingerprint density at radius 1 is 1.11 bits per heavy atom. The van der Waals surface area contributed by atoms with Crippen molar-refractivity contribution >= 4 is 59.4 Å². The Bertz CT molecular complexity index is 628. The summed E-state index contributed by atoms with van der Waals surface area (Å²) >= 11 is 16.2. The summed E-state index contributed by atoms with van der Waals surface area (Å²) in [5, 5.41) is 0.495. The summed E-state index contributed by atoms with van der Waals surface area (Å²) in [4.78, 5) is -0.232. The first-order valence-electron chi connectivity index (χ1n) is 5.44. The second kappa shape index (κ2) is 6.25. The van der Waals surface area contributed by atoms with E-state index >= 15 is 0 Å². The average Bonchev–Trinajstić information content (AvgIpc) is 2.36. The Labute approximate surface area is 141 Å². The second-order valence-electron chi connectivity index (χ2n) is 4.16. The lowest BCUT2D eigenvalue weighted by molar-refractivity contribution is 0.612. The third-order valence-corrected chi connectivity index (χ3v) is 5.90. The molecule has 0 heterocycles. The van der Waals surface area contributed by atoms with Crippen LogP contribution in [0, 0.1) is 12.7 Å². The Morgan fingerprint density at radius 2 is 1.79 bits per heavy atom. The Morgan fingerprint density at radius 3 is 2.42 bits per heavy atom. The fourth-order valence-corrected chi connectivity index (χ4v) is 3.11. The molecule has 0 N–H and O–H groups in total. The SMILES string of the molecule is Cc1cc(C(Br)c2cc(Cl)c(Br)cc2F)ccc1Br. The second-order valence-corrected chi connectivity index (χ2v) is 7.19. The minimum Gasteiger partial charge on any atom is -0.207 e. The van der Waals surface area contributed by atoms with Crippen LogP contribution in [-0.4, -0.2) is 0 Å². The van der Waals surface area contributed by atoms with Gasteiger partial charge in [0.05, 0.1) is 9.85 Å². The minimum absolute atomic E-state index is 0.232. The summed E-state index contributed by atoms with van der Waals surface area (Å²) < 4.78 is 15.6. The van der Waals surface area contributed by atoms with Gasteiger partial charge in [-0.2, -0.15) is 0 Å². The van der Waals surface area contributed by atoms with Crippen LogP contribution in [0.5, 0.6) is 0 Å². The maximum Gasteiger partial charge on any atom is 0.129 e. The summed E-state index contributed by atoms with van der Waals surface area (Å²) in [5.41, 5.74) is 2.61. The first kappa shape index (κ1) is 15.5. The van der Waals surface area contributed by atoms with Gasteiger partial charge in [-0.25, -0.2) is 4.39 Å². The number of benzene rings is 2. The van der Waals surface area contributed by atoms with E-state index in [1.807, 2.05) is 25.1 Å². The van der Waals surface area contributed by atoms with Crippen molar-refractivity contribution in [1.29, 1.82) is 0 Å². The molecule has 0 bridgehead atoms. The van der Waals surface area contributed by atoms with Crippen molar-refractivity contribution in [3.05, 3.63) is 66.8 Å². The van der Waals surface area contributed by atoms with Crippen LogP contribution in [0.4, 0.5) is 4.39 Å². The molecule has 5 heteroatoms. The highest BCUT2D eigenvalue weighted by Crippen LogP contribution is 2.37. The maximum absolute atomic E-state index is 14.0. The monoisotopic (exact) mass is 468 g/mol. The number of hydrogen-bond acceptors (Lipinski definition) is 0. The van der Waals surface area contributed by atoms with Gasteiger partial charge >= 0.3 is 0 Å². The van der Waals surface area contributed by atoms with Gasteiger partial charge < -0.3 is 0 Å². The third-order valence-electron chi connectivity index (χ3n) is 2.79. The quantitative estimate of drug-likeness (QED) is 0.334. The molecule has 100 valence electrons. The zero-order valence-corrected chi connectivity index (χ0v) is 15.4. The van der Waals surface area contributed by atoms with Gasteiger partial charge in [-0.3, -0.25) is 0 Å². The van der Waals surface area contributed by atoms with E-state index in [1.165, 1.54) is 6.07 Å². The molecule has 0 aliphatic heterocycles. The van der Waals surface area contributed by atoms with Gasteiger partial charge in [-0.05, 0) is 52.2 Å². The number of aryl methyl sites for hydroxylation is 1. The van der Waals surface area contributed by atoms with Crippen molar-refractivity contribution in [2.45, 2.75) is 11.8 Å². The molecule has 0 amide bonds. The van der Waals surface area contributed by atoms with Crippen LogP contribution in [0.2, 0.25) is 5.02 Å². The van der Waals surface area contributed by atoms with Crippen LogP contribution in [0.3, 0.4) is 0 Å². The first-order chi connectivity index (χ1) is 8.90. The molecule has 0 aliphatic rings. The molecule has 1 unspecified atom stereocenters. The lowest BCUT2D eigenvalue weighted by Gasteiger charge is -2.14. The van der Waals surface area contributed by atoms with E-state index in [1.54, 1.807) is 6.07 Å². The van der Waals surface area contributed by atoms with Crippen molar-refractivity contribution in [2.24, 2.45) is 0 Å². The molecule has 19 heavy (non-hydrogen) atoms. The molecule has 0 aliphatic carbocycles. The van der Waals surface area contributed by atoms with E-state index in [2.05, 4.69) is 47.8 Å². The van der Waals surface area contributed by atoms with Crippen LogP contribution < -0.4 is 0 Å².